The molecule has 8 heteroatoms. The predicted molar refractivity (Wildman–Crippen MR) is 98.9 cm³/mol. The van der Waals surface area contributed by atoms with Crippen LogP contribution in [-0.4, -0.2) is 19.3 Å². The second kappa shape index (κ2) is 5.70. The molecule has 0 saturated carbocycles. The summed E-state index contributed by atoms with van der Waals surface area (Å²) in [6.45, 7) is 1.71. The van der Waals surface area contributed by atoms with Crippen LogP contribution >= 0.6 is 0 Å². The molecule has 1 aromatic heterocycles. The topological polar surface area (TPSA) is 108 Å². The summed E-state index contributed by atoms with van der Waals surface area (Å²) in [6.07, 6.45) is 0.162. The molecule has 3 aromatic rings. The molecular weight excluding hydrogens is 354 g/mol. The SMILES string of the molecule is Cc1cc2ccc(NS(=O)(=O)c3ccc4c(c3)CC(=O)N4)cc2[nH]c1=O. The highest BCUT2D eigenvalue weighted by molar-refractivity contribution is 7.92. The summed E-state index contributed by atoms with van der Waals surface area (Å²) in [7, 11) is -3.82. The molecule has 0 saturated heterocycles. The van der Waals surface area contributed by atoms with Crippen molar-refractivity contribution in [2.24, 2.45) is 0 Å². The van der Waals surface area contributed by atoms with Crippen molar-refractivity contribution in [1.29, 1.82) is 0 Å². The van der Waals surface area contributed by atoms with Gasteiger partial charge in [-0.05, 0) is 54.3 Å². The number of anilines is 2. The number of benzene rings is 2. The third kappa shape index (κ3) is 2.84. The molecule has 3 N–H and O–H groups in total. The average molecular weight is 369 g/mol. The standard InChI is InChI=1S/C18H15N3O4S/c1-10-6-11-2-3-13(9-16(11)20-18(10)23)21-26(24,25)14-4-5-15-12(7-14)8-17(22)19-15/h2-7,9,21H,8H2,1H3,(H,19,22)(H,20,23). The van der Waals surface area contributed by atoms with E-state index in [4.69, 9.17) is 0 Å². The van der Waals surface area contributed by atoms with E-state index < -0.39 is 10.0 Å². The zero-order valence-corrected chi connectivity index (χ0v) is 14.6. The Kier molecular flexibility index (Phi) is 3.58. The first-order chi connectivity index (χ1) is 12.3. The van der Waals surface area contributed by atoms with Gasteiger partial charge in [0.25, 0.3) is 15.6 Å². The van der Waals surface area contributed by atoms with Gasteiger partial charge in [0, 0.05) is 11.3 Å². The first-order valence-electron chi connectivity index (χ1n) is 7.91. The van der Waals surface area contributed by atoms with Crippen molar-refractivity contribution in [3.05, 3.63) is 63.9 Å². The molecule has 4 rings (SSSR count). The maximum absolute atomic E-state index is 12.7. The fourth-order valence-electron chi connectivity index (χ4n) is 2.96. The van der Waals surface area contributed by atoms with Gasteiger partial charge in [-0.25, -0.2) is 8.42 Å². The van der Waals surface area contributed by atoms with Gasteiger partial charge in [0.05, 0.1) is 22.5 Å². The third-order valence-corrected chi connectivity index (χ3v) is 5.67. The van der Waals surface area contributed by atoms with Crippen LogP contribution in [0.1, 0.15) is 11.1 Å². The van der Waals surface area contributed by atoms with Gasteiger partial charge >= 0.3 is 0 Å². The number of hydrogen-bond donors (Lipinski definition) is 3. The number of nitrogens with one attached hydrogen (secondary N) is 3. The van der Waals surface area contributed by atoms with Gasteiger partial charge in [0.15, 0.2) is 0 Å². The van der Waals surface area contributed by atoms with Crippen LogP contribution in [-0.2, 0) is 21.2 Å². The highest BCUT2D eigenvalue weighted by Gasteiger charge is 2.22. The number of fused-ring (bicyclic) bond motifs is 2. The minimum atomic E-state index is -3.82. The molecule has 0 spiro atoms. The zero-order chi connectivity index (χ0) is 18.5. The van der Waals surface area contributed by atoms with E-state index in [9.17, 15) is 18.0 Å². The van der Waals surface area contributed by atoms with E-state index in [1.165, 1.54) is 12.1 Å². The number of amides is 1. The Morgan fingerprint density at radius 2 is 1.85 bits per heavy atom. The summed E-state index contributed by atoms with van der Waals surface area (Å²) in [5, 5.41) is 3.48. The minimum Gasteiger partial charge on any atom is -0.326 e. The third-order valence-electron chi connectivity index (χ3n) is 4.30. The monoisotopic (exact) mass is 369 g/mol. The number of hydrogen-bond acceptors (Lipinski definition) is 4. The summed E-state index contributed by atoms with van der Waals surface area (Å²) < 4.78 is 27.8. The summed E-state index contributed by atoms with van der Waals surface area (Å²) in [6, 6.07) is 11.2. The maximum atomic E-state index is 12.7. The Morgan fingerprint density at radius 3 is 2.65 bits per heavy atom. The van der Waals surface area contributed by atoms with Crippen LogP contribution in [0.25, 0.3) is 10.9 Å². The number of aromatic nitrogens is 1. The van der Waals surface area contributed by atoms with Crippen molar-refractivity contribution in [3.8, 4) is 0 Å². The smallest absolute Gasteiger partial charge is 0.261 e. The lowest BCUT2D eigenvalue weighted by Crippen LogP contribution is -2.13. The molecule has 2 aromatic carbocycles. The van der Waals surface area contributed by atoms with Crippen LogP contribution < -0.4 is 15.6 Å². The van der Waals surface area contributed by atoms with Crippen LogP contribution in [0.4, 0.5) is 11.4 Å². The van der Waals surface area contributed by atoms with Crippen molar-refractivity contribution in [1.82, 2.24) is 4.98 Å². The van der Waals surface area contributed by atoms with E-state index in [1.54, 1.807) is 37.3 Å². The van der Waals surface area contributed by atoms with Crippen molar-refractivity contribution in [2.45, 2.75) is 18.2 Å². The molecule has 7 nitrogen and oxygen atoms in total. The lowest BCUT2D eigenvalue weighted by molar-refractivity contribution is -0.115. The van der Waals surface area contributed by atoms with E-state index in [0.29, 0.717) is 28.0 Å². The van der Waals surface area contributed by atoms with Gasteiger partial charge in [-0.1, -0.05) is 6.07 Å². The lowest BCUT2D eigenvalue weighted by atomic mass is 10.1. The molecule has 0 bridgehead atoms. The Balaban J connectivity index is 1.69. The Labute approximate surface area is 149 Å². The van der Waals surface area contributed by atoms with Crippen molar-refractivity contribution in [2.75, 3.05) is 10.0 Å². The number of aryl methyl sites for hydroxylation is 1. The molecule has 26 heavy (non-hydrogen) atoms. The van der Waals surface area contributed by atoms with Gasteiger partial charge in [0.1, 0.15) is 0 Å². The number of aromatic amines is 1. The second-order valence-electron chi connectivity index (χ2n) is 6.23. The van der Waals surface area contributed by atoms with Gasteiger partial charge < -0.3 is 10.3 Å². The molecule has 0 aliphatic carbocycles. The molecule has 132 valence electrons. The van der Waals surface area contributed by atoms with Crippen LogP contribution in [0.5, 0.6) is 0 Å². The number of pyridine rings is 1. The fourth-order valence-corrected chi connectivity index (χ4v) is 4.06. The molecule has 0 fully saturated rings. The number of H-pyrrole nitrogens is 1. The average Bonchev–Trinajstić information content (AvgIpc) is 2.95. The van der Waals surface area contributed by atoms with E-state index in [2.05, 4.69) is 15.0 Å². The number of rotatable bonds is 3. The summed E-state index contributed by atoms with van der Waals surface area (Å²) in [5.41, 5.74) is 2.54. The van der Waals surface area contributed by atoms with Gasteiger partial charge in [-0.2, -0.15) is 0 Å². The van der Waals surface area contributed by atoms with Crippen LogP contribution in [0, 0.1) is 6.92 Å². The minimum absolute atomic E-state index is 0.0743. The molecule has 0 atom stereocenters. The summed E-state index contributed by atoms with van der Waals surface area (Å²) in [5.74, 6) is -0.156. The van der Waals surface area contributed by atoms with Crippen molar-refractivity contribution < 1.29 is 13.2 Å². The number of sulfonamides is 1. The normalized spacial score (nSPS) is 13.5. The maximum Gasteiger partial charge on any atom is 0.261 e. The molecular formula is C18H15N3O4S. The molecule has 0 unspecified atom stereocenters. The first kappa shape index (κ1) is 16.3. The van der Waals surface area contributed by atoms with E-state index in [0.717, 1.165) is 5.39 Å². The van der Waals surface area contributed by atoms with E-state index in [-0.39, 0.29) is 22.8 Å². The Hall–Kier alpha value is -3.13. The highest BCUT2D eigenvalue weighted by atomic mass is 32.2. The Morgan fingerprint density at radius 1 is 1.04 bits per heavy atom. The number of carbonyl (C=O) groups is 1. The fraction of sp³-hybridized carbons (Fsp3) is 0.111. The molecule has 2 heterocycles. The van der Waals surface area contributed by atoms with Crippen molar-refractivity contribution in [3.63, 3.8) is 0 Å². The lowest BCUT2D eigenvalue weighted by Gasteiger charge is -2.10. The van der Waals surface area contributed by atoms with Crippen molar-refractivity contribution >= 4 is 38.2 Å². The second-order valence-corrected chi connectivity index (χ2v) is 7.92. The quantitative estimate of drug-likeness (QED) is 0.657. The first-order valence-corrected chi connectivity index (χ1v) is 9.39. The largest absolute Gasteiger partial charge is 0.326 e. The summed E-state index contributed by atoms with van der Waals surface area (Å²) in [4.78, 5) is 26.0. The number of carbonyl (C=O) groups excluding carboxylic acids is 1. The Bertz CT molecular complexity index is 1230. The van der Waals surface area contributed by atoms with Crippen LogP contribution in [0.15, 0.2) is 52.2 Å². The molecule has 0 radical (unpaired) electrons. The molecule has 1 amide bonds. The predicted octanol–water partition coefficient (Wildman–Crippen LogP) is 2.13. The van der Waals surface area contributed by atoms with Gasteiger partial charge in [-0.15, -0.1) is 0 Å². The van der Waals surface area contributed by atoms with Crippen LogP contribution in [0.3, 0.4) is 0 Å². The van der Waals surface area contributed by atoms with E-state index >= 15 is 0 Å². The summed E-state index contributed by atoms with van der Waals surface area (Å²) >= 11 is 0. The zero-order valence-electron chi connectivity index (χ0n) is 13.8. The highest BCUT2D eigenvalue weighted by Crippen LogP contribution is 2.27. The van der Waals surface area contributed by atoms with E-state index in [1.807, 2.05) is 0 Å². The molecule has 1 aliphatic heterocycles. The van der Waals surface area contributed by atoms with Crippen LogP contribution in [0.2, 0.25) is 0 Å². The molecule has 1 aliphatic rings. The van der Waals surface area contributed by atoms with Gasteiger partial charge in [-0.3, -0.25) is 14.3 Å². The van der Waals surface area contributed by atoms with Gasteiger partial charge in [0.2, 0.25) is 5.91 Å².